The molecule has 0 amide bonds. The lowest BCUT2D eigenvalue weighted by molar-refractivity contribution is 0.570. The van der Waals surface area contributed by atoms with Crippen LogP contribution in [-0.2, 0) is 0 Å². The van der Waals surface area contributed by atoms with Crippen molar-refractivity contribution in [2.24, 2.45) is 5.10 Å². The summed E-state index contributed by atoms with van der Waals surface area (Å²) in [6.45, 7) is 1.94. The van der Waals surface area contributed by atoms with E-state index in [1.54, 1.807) is 22.7 Å². The summed E-state index contributed by atoms with van der Waals surface area (Å²) in [5.74, 6) is 1.37. The van der Waals surface area contributed by atoms with E-state index < -0.39 is 0 Å². The molecule has 0 aliphatic carbocycles. The van der Waals surface area contributed by atoms with E-state index >= 15 is 0 Å². The predicted octanol–water partition coefficient (Wildman–Crippen LogP) is 1.21. The van der Waals surface area contributed by atoms with E-state index in [0.29, 0.717) is 16.8 Å². The Morgan fingerprint density at radius 1 is 1.44 bits per heavy atom. The zero-order valence-electron chi connectivity index (χ0n) is 9.54. The molecule has 1 atom stereocenters. The van der Waals surface area contributed by atoms with Gasteiger partial charge in [-0.05, 0) is 12.1 Å². The SMILES string of the molecule is c1coc(-c2nnc3n2N=C2CCNCC2S3)c1. The number of hydrogen-bond donors (Lipinski definition) is 1. The zero-order chi connectivity index (χ0) is 11.9. The maximum atomic E-state index is 5.37. The molecule has 0 saturated carbocycles. The first-order valence-corrected chi connectivity index (χ1v) is 6.74. The number of aromatic nitrogens is 3. The van der Waals surface area contributed by atoms with Crippen LogP contribution in [0, 0.1) is 0 Å². The number of thioether (sulfide) groups is 1. The summed E-state index contributed by atoms with van der Waals surface area (Å²) >= 11 is 1.71. The summed E-state index contributed by atoms with van der Waals surface area (Å²) in [5, 5.41) is 17.6. The van der Waals surface area contributed by atoms with Crippen LogP contribution in [0.1, 0.15) is 6.42 Å². The Bertz CT molecular complexity index is 603. The highest BCUT2D eigenvalue weighted by Gasteiger charge is 2.30. The highest BCUT2D eigenvalue weighted by Crippen LogP contribution is 2.32. The van der Waals surface area contributed by atoms with Crippen molar-refractivity contribution in [3.05, 3.63) is 18.4 Å². The molecule has 0 spiro atoms. The molecule has 1 N–H and O–H groups in total. The highest BCUT2D eigenvalue weighted by atomic mass is 32.2. The molecule has 4 rings (SSSR count). The van der Waals surface area contributed by atoms with Crippen LogP contribution in [-0.4, -0.2) is 38.9 Å². The fraction of sp³-hybridized carbons (Fsp3) is 0.364. The molecule has 92 valence electrons. The Labute approximate surface area is 107 Å². The summed E-state index contributed by atoms with van der Waals surface area (Å²) in [7, 11) is 0. The van der Waals surface area contributed by atoms with Gasteiger partial charge in [-0.25, -0.2) is 0 Å². The lowest BCUT2D eigenvalue weighted by atomic mass is 10.1. The molecule has 0 bridgehead atoms. The Morgan fingerprint density at radius 2 is 2.44 bits per heavy atom. The largest absolute Gasteiger partial charge is 0.461 e. The van der Waals surface area contributed by atoms with Gasteiger partial charge < -0.3 is 9.73 Å². The average molecular weight is 261 g/mol. The zero-order valence-corrected chi connectivity index (χ0v) is 10.4. The van der Waals surface area contributed by atoms with Crippen LogP contribution in [0.5, 0.6) is 0 Å². The summed E-state index contributed by atoms with van der Waals surface area (Å²) in [6, 6.07) is 3.71. The number of nitrogens with zero attached hydrogens (tertiary/aromatic N) is 4. The smallest absolute Gasteiger partial charge is 0.221 e. The normalized spacial score (nSPS) is 22.2. The molecule has 2 aliphatic heterocycles. The van der Waals surface area contributed by atoms with E-state index in [1.165, 1.54) is 5.71 Å². The first-order valence-electron chi connectivity index (χ1n) is 5.86. The quantitative estimate of drug-likeness (QED) is 0.835. The van der Waals surface area contributed by atoms with Crippen LogP contribution in [0.2, 0.25) is 0 Å². The van der Waals surface area contributed by atoms with Crippen LogP contribution >= 0.6 is 11.8 Å². The third-order valence-electron chi connectivity index (χ3n) is 3.09. The van der Waals surface area contributed by atoms with Gasteiger partial charge in [0.15, 0.2) is 5.76 Å². The van der Waals surface area contributed by atoms with Gasteiger partial charge in [0.25, 0.3) is 0 Å². The van der Waals surface area contributed by atoms with Crippen molar-refractivity contribution >= 4 is 17.5 Å². The van der Waals surface area contributed by atoms with Crippen LogP contribution in [0.4, 0.5) is 0 Å². The Kier molecular flexibility index (Phi) is 2.27. The van der Waals surface area contributed by atoms with Crippen molar-refractivity contribution in [3.8, 4) is 11.6 Å². The molecule has 1 saturated heterocycles. The first-order chi connectivity index (χ1) is 8.92. The maximum absolute atomic E-state index is 5.37. The molecule has 4 heterocycles. The van der Waals surface area contributed by atoms with Crippen LogP contribution < -0.4 is 5.32 Å². The number of piperidine rings is 1. The number of fused-ring (bicyclic) bond motifs is 2. The molecule has 6 nitrogen and oxygen atoms in total. The van der Waals surface area contributed by atoms with Gasteiger partial charge in [-0.1, -0.05) is 11.8 Å². The van der Waals surface area contributed by atoms with Crippen LogP contribution in [0.15, 0.2) is 33.1 Å². The fourth-order valence-electron chi connectivity index (χ4n) is 2.20. The van der Waals surface area contributed by atoms with Gasteiger partial charge >= 0.3 is 0 Å². The molecule has 1 fully saturated rings. The molecule has 2 aromatic rings. The molecular weight excluding hydrogens is 250 g/mol. The van der Waals surface area contributed by atoms with E-state index in [-0.39, 0.29) is 0 Å². The number of nitrogens with one attached hydrogen (secondary N) is 1. The topological polar surface area (TPSA) is 68.2 Å². The van der Waals surface area contributed by atoms with Crippen molar-refractivity contribution in [3.63, 3.8) is 0 Å². The molecule has 1 unspecified atom stereocenters. The van der Waals surface area contributed by atoms with E-state index in [4.69, 9.17) is 4.42 Å². The third-order valence-corrected chi connectivity index (χ3v) is 4.28. The van der Waals surface area contributed by atoms with Crippen LogP contribution in [0.3, 0.4) is 0 Å². The molecule has 0 radical (unpaired) electrons. The first kappa shape index (κ1) is 10.3. The lowest BCUT2D eigenvalue weighted by Gasteiger charge is -2.27. The van der Waals surface area contributed by atoms with Gasteiger partial charge in [0, 0.05) is 19.5 Å². The van der Waals surface area contributed by atoms with E-state index in [1.807, 2.05) is 12.1 Å². The van der Waals surface area contributed by atoms with Gasteiger partial charge in [0.05, 0.1) is 17.2 Å². The van der Waals surface area contributed by atoms with Crippen molar-refractivity contribution in [1.82, 2.24) is 20.2 Å². The van der Waals surface area contributed by atoms with Crippen molar-refractivity contribution < 1.29 is 4.42 Å². The molecule has 18 heavy (non-hydrogen) atoms. The van der Waals surface area contributed by atoms with Gasteiger partial charge in [0.1, 0.15) is 0 Å². The van der Waals surface area contributed by atoms with Gasteiger partial charge in [0.2, 0.25) is 11.0 Å². The number of furan rings is 1. The van der Waals surface area contributed by atoms with Crippen molar-refractivity contribution in [2.45, 2.75) is 16.8 Å². The monoisotopic (exact) mass is 261 g/mol. The molecular formula is C11H11N5OS. The second kappa shape index (κ2) is 3.96. The molecule has 2 aliphatic rings. The third kappa shape index (κ3) is 1.51. The molecule has 0 aromatic carbocycles. The molecule has 7 heteroatoms. The summed E-state index contributed by atoms with van der Waals surface area (Å²) in [6.07, 6.45) is 2.61. The lowest BCUT2D eigenvalue weighted by Crippen LogP contribution is -2.41. The fourth-order valence-corrected chi connectivity index (χ4v) is 3.27. The summed E-state index contributed by atoms with van der Waals surface area (Å²) < 4.78 is 7.16. The number of rotatable bonds is 1. The Morgan fingerprint density at radius 3 is 3.33 bits per heavy atom. The van der Waals surface area contributed by atoms with Gasteiger partial charge in [-0.2, -0.15) is 9.78 Å². The minimum Gasteiger partial charge on any atom is -0.461 e. The van der Waals surface area contributed by atoms with Crippen molar-refractivity contribution in [1.29, 1.82) is 0 Å². The predicted molar refractivity (Wildman–Crippen MR) is 67.7 cm³/mol. The second-order valence-corrected chi connectivity index (χ2v) is 5.42. The second-order valence-electron chi connectivity index (χ2n) is 4.25. The Balaban J connectivity index is 1.81. The minimum atomic E-state index is 0.389. The number of hydrogen-bond acceptors (Lipinski definition) is 6. The van der Waals surface area contributed by atoms with E-state index in [9.17, 15) is 0 Å². The van der Waals surface area contributed by atoms with E-state index in [2.05, 4.69) is 20.6 Å². The summed E-state index contributed by atoms with van der Waals surface area (Å²) in [5.41, 5.74) is 1.21. The minimum absolute atomic E-state index is 0.389. The summed E-state index contributed by atoms with van der Waals surface area (Å²) in [4.78, 5) is 0. The Hall–Kier alpha value is -1.60. The standard InChI is InChI=1S/C11H11N5OS/c1-2-8(17-5-1)10-13-14-11-16(10)15-7-3-4-12-6-9(7)18-11/h1-2,5,9,12H,3-4,6H2. The van der Waals surface area contributed by atoms with Crippen LogP contribution in [0.25, 0.3) is 11.6 Å². The van der Waals surface area contributed by atoms with Crippen molar-refractivity contribution in [2.75, 3.05) is 13.1 Å². The van der Waals surface area contributed by atoms with Gasteiger partial charge in [-0.15, -0.1) is 10.2 Å². The average Bonchev–Trinajstić information content (AvgIpc) is 3.04. The maximum Gasteiger partial charge on any atom is 0.221 e. The highest BCUT2D eigenvalue weighted by molar-refractivity contribution is 8.00. The van der Waals surface area contributed by atoms with Gasteiger partial charge in [-0.3, -0.25) is 0 Å². The van der Waals surface area contributed by atoms with E-state index in [0.717, 1.165) is 24.7 Å². The molecule has 2 aromatic heterocycles.